The molecule has 6 unspecified atom stereocenters. The van der Waals surface area contributed by atoms with Gasteiger partial charge in [0, 0.05) is 0 Å². The summed E-state index contributed by atoms with van der Waals surface area (Å²) in [6.07, 6.45) is 11.4. The molecule has 1 rings (SSSR count). The van der Waals surface area contributed by atoms with Crippen molar-refractivity contribution < 1.29 is 23.1 Å². The van der Waals surface area contributed by atoms with Crippen molar-refractivity contribution in [2.45, 2.75) is 134 Å². The Kier molecular flexibility index (Phi) is 15.6. The zero-order valence-electron chi connectivity index (χ0n) is 23.4. The summed E-state index contributed by atoms with van der Waals surface area (Å²) in [5, 5.41) is 10.8. The van der Waals surface area contributed by atoms with E-state index in [0.717, 1.165) is 24.2 Å². The molecule has 0 amide bonds. The summed E-state index contributed by atoms with van der Waals surface area (Å²) in [6.45, 7) is 12.0. The Balaban J connectivity index is 2.23. The SMILES string of the molecule is COC1C(OCC=C(C)CCCC(C)CCCC(C)CCCC(C)C)OC(C[As](C)(C)=O)C1O. The predicted octanol–water partition coefficient (Wildman–Crippen LogP) is 7.12. The minimum absolute atomic E-state index is 0.392. The molecule has 1 N–H and O–H groups in total. The van der Waals surface area contributed by atoms with Gasteiger partial charge < -0.3 is 0 Å². The van der Waals surface area contributed by atoms with Crippen LogP contribution in [0.3, 0.4) is 0 Å². The average Bonchev–Trinajstić information content (AvgIpc) is 3.00. The van der Waals surface area contributed by atoms with E-state index in [1.165, 1.54) is 56.9 Å². The Labute approximate surface area is 213 Å². The first-order valence-electron chi connectivity index (χ1n) is 13.6. The Hall–Kier alpha value is -0.0616. The van der Waals surface area contributed by atoms with E-state index in [0.29, 0.717) is 11.8 Å². The monoisotopic (exact) mass is 546 g/mol. The van der Waals surface area contributed by atoms with Gasteiger partial charge >= 0.3 is 135 Å². The first kappa shape index (κ1) is 32.0. The van der Waals surface area contributed by atoms with Crippen LogP contribution in [0.2, 0.25) is 16.6 Å². The van der Waals surface area contributed by atoms with Gasteiger partial charge in [-0.15, -0.1) is 0 Å². The maximum atomic E-state index is 12.2. The van der Waals surface area contributed by atoms with Crippen molar-refractivity contribution in [2.24, 2.45) is 17.8 Å². The number of ether oxygens (including phenoxy) is 3. The zero-order chi connectivity index (χ0) is 25.7. The second-order valence-electron chi connectivity index (χ2n) is 11.7. The molecule has 0 aromatic rings. The van der Waals surface area contributed by atoms with Crippen LogP contribution in [-0.4, -0.2) is 56.9 Å². The third kappa shape index (κ3) is 13.9. The standard InChI is InChI=1S/C28H55AsO5/c1-21(2)12-9-13-22(3)14-10-15-23(4)16-11-17-24(5)18-19-33-28-27(32-8)26(30)25(34-28)20-29(6,7)31/h18,21-23,25-28,30H,9-17,19-20H2,1-8H3. The van der Waals surface area contributed by atoms with Crippen molar-refractivity contribution in [1.29, 1.82) is 0 Å². The Morgan fingerprint density at radius 2 is 1.56 bits per heavy atom. The average molecular weight is 547 g/mol. The van der Waals surface area contributed by atoms with Crippen LogP contribution in [0, 0.1) is 17.8 Å². The molecule has 0 aromatic heterocycles. The molecule has 0 bridgehead atoms. The molecular weight excluding hydrogens is 491 g/mol. The summed E-state index contributed by atoms with van der Waals surface area (Å²) >= 11 is -2.93. The van der Waals surface area contributed by atoms with Crippen molar-refractivity contribution in [2.75, 3.05) is 13.7 Å². The van der Waals surface area contributed by atoms with Gasteiger partial charge in [-0.3, -0.25) is 0 Å². The van der Waals surface area contributed by atoms with E-state index in [2.05, 4.69) is 40.7 Å². The summed E-state index contributed by atoms with van der Waals surface area (Å²) in [7, 11) is 1.55. The quantitative estimate of drug-likeness (QED) is 0.146. The van der Waals surface area contributed by atoms with E-state index >= 15 is 0 Å². The summed E-state index contributed by atoms with van der Waals surface area (Å²) < 4.78 is 29.3. The van der Waals surface area contributed by atoms with Crippen LogP contribution >= 0.6 is 0 Å². The minimum atomic E-state index is -2.93. The van der Waals surface area contributed by atoms with E-state index < -0.39 is 38.1 Å². The Morgan fingerprint density at radius 3 is 2.09 bits per heavy atom. The molecule has 34 heavy (non-hydrogen) atoms. The van der Waals surface area contributed by atoms with E-state index in [4.69, 9.17) is 14.2 Å². The molecule has 202 valence electrons. The van der Waals surface area contributed by atoms with Crippen molar-refractivity contribution in [1.82, 2.24) is 0 Å². The second-order valence-corrected chi connectivity index (χ2v) is 19.1. The fraction of sp³-hybridized carbons (Fsp3) is 0.929. The van der Waals surface area contributed by atoms with Crippen LogP contribution < -0.4 is 0 Å². The molecule has 6 atom stereocenters. The van der Waals surface area contributed by atoms with Gasteiger partial charge in [0.2, 0.25) is 0 Å². The molecule has 0 aliphatic carbocycles. The van der Waals surface area contributed by atoms with Gasteiger partial charge in [0.15, 0.2) is 0 Å². The molecule has 1 aliphatic heterocycles. The molecule has 0 saturated carbocycles. The molecule has 0 aromatic carbocycles. The zero-order valence-corrected chi connectivity index (χ0v) is 25.3. The van der Waals surface area contributed by atoms with Crippen molar-refractivity contribution in [3.05, 3.63) is 11.6 Å². The van der Waals surface area contributed by atoms with E-state index in [1.54, 1.807) is 18.5 Å². The van der Waals surface area contributed by atoms with Crippen LogP contribution in [-0.2, 0) is 18.0 Å². The number of hydrogen-bond acceptors (Lipinski definition) is 5. The summed E-state index contributed by atoms with van der Waals surface area (Å²) in [5.74, 6) is 2.48. The summed E-state index contributed by atoms with van der Waals surface area (Å²) in [5.41, 5.74) is 4.87. The molecule has 0 spiro atoms. The van der Waals surface area contributed by atoms with Crippen molar-refractivity contribution in [3.63, 3.8) is 0 Å². The van der Waals surface area contributed by atoms with Crippen LogP contribution in [0.15, 0.2) is 11.6 Å². The number of aliphatic hydroxyl groups is 1. The van der Waals surface area contributed by atoms with Gasteiger partial charge in [-0.25, -0.2) is 0 Å². The molecule has 1 heterocycles. The number of aliphatic hydroxyl groups excluding tert-OH is 1. The van der Waals surface area contributed by atoms with E-state index in [-0.39, 0.29) is 0 Å². The van der Waals surface area contributed by atoms with Gasteiger partial charge in [-0.1, -0.05) is 66.2 Å². The van der Waals surface area contributed by atoms with Gasteiger partial charge in [0.05, 0.1) is 0 Å². The number of methoxy groups -OCH3 is 1. The fourth-order valence-corrected chi connectivity index (χ4v) is 7.22. The normalized spacial score (nSPS) is 25.8. The van der Waals surface area contributed by atoms with E-state index in [1.807, 2.05) is 0 Å². The van der Waals surface area contributed by atoms with Gasteiger partial charge in [0.25, 0.3) is 0 Å². The molecule has 0 radical (unpaired) electrons. The van der Waals surface area contributed by atoms with Crippen LogP contribution in [0.25, 0.3) is 0 Å². The molecule has 1 saturated heterocycles. The Bertz CT molecular complexity index is 614. The van der Waals surface area contributed by atoms with Gasteiger partial charge in [-0.05, 0) is 11.8 Å². The number of allylic oxidation sites excluding steroid dienone is 1. The van der Waals surface area contributed by atoms with Gasteiger partial charge in [0.1, 0.15) is 0 Å². The third-order valence-corrected chi connectivity index (χ3v) is 9.62. The summed E-state index contributed by atoms with van der Waals surface area (Å²) in [6, 6.07) is 0. The molecule has 6 heteroatoms. The van der Waals surface area contributed by atoms with Gasteiger partial charge in [-0.2, -0.15) is 0 Å². The van der Waals surface area contributed by atoms with Crippen molar-refractivity contribution in [3.8, 4) is 0 Å². The van der Waals surface area contributed by atoms with Crippen LogP contribution in [0.1, 0.15) is 92.4 Å². The van der Waals surface area contributed by atoms with Crippen LogP contribution in [0.4, 0.5) is 0 Å². The maximum absolute atomic E-state index is 12.2. The predicted molar refractivity (Wildman–Crippen MR) is 143 cm³/mol. The third-order valence-electron chi connectivity index (χ3n) is 7.02. The Morgan fingerprint density at radius 1 is 1.00 bits per heavy atom. The first-order chi connectivity index (χ1) is 15.9. The molecule has 1 fully saturated rings. The molecular formula is C28H55AsO5. The summed E-state index contributed by atoms with van der Waals surface area (Å²) in [4.78, 5) is 0. The molecule has 5 nitrogen and oxygen atoms in total. The number of hydrogen-bond donors (Lipinski definition) is 1. The topological polar surface area (TPSA) is 65.0 Å². The van der Waals surface area contributed by atoms with E-state index in [9.17, 15) is 8.85 Å². The fourth-order valence-electron chi connectivity index (χ4n) is 4.77. The van der Waals surface area contributed by atoms with Crippen LogP contribution in [0.5, 0.6) is 0 Å². The number of rotatable bonds is 18. The van der Waals surface area contributed by atoms with Crippen molar-refractivity contribution >= 4 is 13.5 Å². The second kappa shape index (κ2) is 16.6. The first-order valence-corrected chi connectivity index (χ1v) is 19.4. The molecule has 1 aliphatic rings.